The summed E-state index contributed by atoms with van der Waals surface area (Å²) in [5.74, 6) is -0.750. The number of rotatable bonds is 6. The van der Waals surface area contributed by atoms with Gasteiger partial charge in [0.25, 0.3) is 0 Å². The van der Waals surface area contributed by atoms with Crippen molar-refractivity contribution in [2.75, 3.05) is 13.7 Å². The maximum atomic E-state index is 12.5. The number of fused-ring (bicyclic) bond motifs is 1. The van der Waals surface area contributed by atoms with E-state index in [2.05, 4.69) is 4.98 Å². The minimum Gasteiger partial charge on any atom is -0.454 e. The SMILES string of the molecule is COCc1cccc(C(=O)OCC(=O)c2c(C)[nH]c3ccccc23)c1. The van der Waals surface area contributed by atoms with Crippen LogP contribution in [0.4, 0.5) is 0 Å². The summed E-state index contributed by atoms with van der Waals surface area (Å²) in [6.07, 6.45) is 0. The molecule has 0 aliphatic carbocycles. The van der Waals surface area contributed by atoms with E-state index in [9.17, 15) is 9.59 Å². The minimum absolute atomic E-state index is 0.226. The number of Topliss-reactive ketones (excluding diaryl/α,β-unsaturated/α-hetero) is 1. The highest BCUT2D eigenvalue weighted by Crippen LogP contribution is 2.22. The van der Waals surface area contributed by atoms with Crippen LogP contribution in [-0.2, 0) is 16.1 Å². The first-order valence-corrected chi connectivity index (χ1v) is 7.95. The maximum Gasteiger partial charge on any atom is 0.338 e. The average Bonchev–Trinajstić information content (AvgIpc) is 2.95. The third-order valence-electron chi connectivity index (χ3n) is 3.98. The van der Waals surface area contributed by atoms with Gasteiger partial charge in [-0.1, -0.05) is 30.3 Å². The van der Waals surface area contributed by atoms with Crippen LogP contribution in [-0.4, -0.2) is 30.5 Å². The Morgan fingerprint density at radius 3 is 2.68 bits per heavy atom. The van der Waals surface area contributed by atoms with Gasteiger partial charge in [-0.2, -0.15) is 0 Å². The fraction of sp³-hybridized carbons (Fsp3) is 0.200. The molecule has 0 fully saturated rings. The molecule has 0 unspecified atom stereocenters. The van der Waals surface area contributed by atoms with Crippen LogP contribution in [0.3, 0.4) is 0 Å². The Morgan fingerprint density at radius 2 is 1.88 bits per heavy atom. The molecule has 0 bridgehead atoms. The third-order valence-corrected chi connectivity index (χ3v) is 3.98. The lowest BCUT2D eigenvalue weighted by atomic mass is 10.1. The number of hydrogen-bond donors (Lipinski definition) is 1. The number of H-pyrrole nitrogens is 1. The minimum atomic E-state index is -0.524. The topological polar surface area (TPSA) is 68.4 Å². The van der Waals surface area contributed by atoms with Gasteiger partial charge in [-0.05, 0) is 30.7 Å². The van der Waals surface area contributed by atoms with E-state index in [1.54, 1.807) is 25.3 Å². The van der Waals surface area contributed by atoms with Gasteiger partial charge in [0, 0.05) is 29.3 Å². The fourth-order valence-electron chi connectivity index (χ4n) is 2.88. The standard InChI is InChI=1S/C20H19NO4/c1-13-19(16-8-3-4-9-17(16)21-13)18(22)12-25-20(23)15-7-5-6-14(10-15)11-24-2/h3-10,21H,11-12H2,1-2H3. The van der Waals surface area contributed by atoms with Crippen LogP contribution >= 0.6 is 0 Å². The van der Waals surface area contributed by atoms with E-state index in [1.165, 1.54) is 0 Å². The van der Waals surface area contributed by atoms with Gasteiger partial charge in [-0.25, -0.2) is 4.79 Å². The number of aromatic amines is 1. The van der Waals surface area contributed by atoms with Gasteiger partial charge in [-0.3, -0.25) is 4.79 Å². The predicted octanol–water partition coefficient (Wildman–Crippen LogP) is 3.66. The summed E-state index contributed by atoms with van der Waals surface area (Å²) in [5.41, 5.74) is 3.50. The number of ketones is 1. The zero-order chi connectivity index (χ0) is 17.8. The van der Waals surface area contributed by atoms with Crippen molar-refractivity contribution in [1.82, 2.24) is 4.98 Å². The molecular formula is C20H19NO4. The van der Waals surface area contributed by atoms with Crippen LogP contribution in [0.2, 0.25) is 0 Å². The molecule has 1 heterocycles. The van der Waals surface area contributed by atoms with Crippen molar-refractivity contribution in [1.29, 1.82) is 0 Å². The Balaban J connectivity index is 1.72. The Morgan fingerprint density at radius 1 is 1.08 bits per heavy atom. The van der Waals surface area contributed by atoms with Gasteiger partial charge in [0.1, 0.15) is 0 Å². The quantitative estimate of drug-likeness (QED) is 0.550. The first-order valence-electron chi connectivity index (χ1n) is 7.95. The van der Waals surface area contributed by atoms with E-state index in [-0.39, 0.29) is 12.4 Å². The van der Waals surface area contributed by atoms with Crippen LogP contribution in [0, 0.1) is 6.92 Å². The number of hydrogen-bond acceptors (Lipinski definition) is 4. The molecule has 3 rings (SSSR count). The fourth-order valence-corrected chi connectivity index (χ4v) is 2.88. The predicted molar refractivity (Wildman–Crippen MR) is 94.8 cm³/mol. The van der Waals surface area contributed by atoms with Gasteiger partial charge in [-0.15, -0.1) is 0 Å². The van der Waals surface area contributed by atoms with Crippen molar-refractivity contribution in [3.8, 4) is 0 Å². The van der Waals surface area contributed by atoms with Crippen molar-refractivity contribution < 1.29 is 19.1 Å². The summed E-state index contributed by atoms with van der Waals surface area (Å²) in [7, 11) is 1.59. The average molecular weight is 337 g/mol. The van der Waals surface area contributed by atoms with Gasteiger partial charge in [0.15, 0.2) is 6.61 Å². The molecular weight excluding hydrogens is 318 g/mol. The zero-order valence-electron chi connectivity index (χ0n) is 14.2. The Kier molecular flexibility index (Phi) is 4.95. The highest BCUT2D eigenvalue weighted by Gasteiger charge is 2.18. The van der Waals surface area contributed by atoms with Crippen LogP contribution in [0.1, 0.15) is 32.0 Å². The second-order valence-electron chi connectivity index (χ2n) is 5.80. The number of carbonyl (C=O) groups is 2. The van der Waals surface area contributed by atoms with Crippen molar-refractivity contribution >= 4 is 22.7 Å². The molecule has 0 atom stereocenters. The van der Waals surface area contributed by atoms with E-state index in [1.807, 2.05) is 37.3 Å². The number of ether oxygens (including phenoxy) is 2. The molecule has 3 aromatic rings. The van der Waals surface area contributed by atoms with Gasteiger partial charge in [0.2, 0.25) is 5.78 Å². The van der Waals surface area contributed by atoms with Crippen LogP contribution in [0.5, 0.6) is 0 Å². The number of esters is 1. The number of aryl methyl sites for hydroxylation is 1. The largest absolute Gasteiger partial charge is 0.454 e. The summed E-state index contributed by atoms with van der Waals surface area (Å²) < 4.78 is 10.3. The van der Waals surface area contributed by atoms with Crippen LogP contribution < -0.4 is 0 Å². The van der Waals surface area contributed by atoms with Crippen LogP contribution in [0.15, 0.2) is 48.5 Å². The smallest absolute Gasteiger partial charge is 0.338 e. The summed E-state index contributed by atoms with van der Waals surface area (Å²) in [6, 6.07) is 14.5. The first kappa shape index (κ1) is 16.9. The number of para-hydroxylation sites is 1. The van der Waals surface area contributed by atoms with Gasteiger partial charge < -0.3 is 14.5 Å². The van der Waals surface area contributed by atoms with E-state index >= 15 is 0 Å². The molecule has 5 nitrogen and oxygen atoms in total. The molecule has 1 aromatic heterocycles. The molecule has 0 amide bonds. The second kappa shape index (κ2) is 7.32. The first-order chi connectivity index (χ1) is 12.1. The summed E-state index contributed by atoms with van der Waals surface area (Å²) in [6.45, 7) is 1.95. The molecule has 0 aliphatic rings. The second-order valence-corrected chi connectivity index (χ2v) is 5.80. The monoisotopic (exact) mass is 337 g/mol. The number of nitrogens with one attached hydrogen (secondary N) is 1. The molecule has 1 N–H and O–H groups in total. The third kappa shape index (κ3) is 3.61. The van der Waals surface area contributed by atoms with E-state index in [0.29, 0.717) is 17.7 Å². The molecule has 0 saturated carbocycles. The van der Waals surface area contributed by atoms with E-state index in [0.717, 1.165) is 22.2 Å². The number of aromatic nitrogens is 1. The zero-order valence-corrected chi connectivity index (χ0v) is 14.2. The molecule has 0 spiro atoms. The lowest BCUT2D eigenvalue weighted by Crippen LogP contribution is -2.15. The highest BCUT2D eigenvalue weighted by molar-refractivity contribution is 6.10. The lowest BCUT2D eigenvalue weighted by Gasteiger charge is -2.06. The van der Waals surface area contributed by atoms with E-state index in [4.69, 9.17) is 9.47 Å². The molecule has 25 heavy (non-hydrogen) atoms. The highest BCUT2D eigenvalue weighted by atomic mass is 16.5. The summed E-state index contributed by atoms with van der Waals surface area (Å²) in [5, 5.41) is 0.836. The van der Waals surface area contributed by atoms with Crippen molar-refractivity contribution in [3.63, 3.8) is 0 Å². The van der Waals surface area contributed by atoms with Crippen molar-refractivity contribution in [3.05, 3.63) is 70.9 Å². The Labute approximate surface area is 145 Å². The van der Waals surface area contributed by atoms with Gasteiger partial charge in [0.05, 0.1) is 12.2 Å². The summed E-state index contributed by atoms with van der Waals surface area (Å²) >= 11 is 0. The van der Waals surface area contributed by atoms with Gasteiger partial charge >= 0.3 is 5.97 Å². The molecule has 0 saturated heterocycles. The molecule has 0 aliphatic heterocycles. The van der Waals surface area contributed by atoms with Crippen LogP contribution in [0.25, 0.3) is 10.9 Å². The molecule has 2 aromatic carbocycles. The number of benzene rings is 2. The normalized spacial score (nSPS) is 10.8. The number of carbonyl (C=O) groups excluding carboxylic acids is 2. The number of methoxy groups -OCH3 is 1. The maximum absolute atomic E-state index is 12.5. The molecule has 0 radical (unpaired) electrons. The van der Waals surface area contributed by atoms with E-state index < -0.39 is 5.97 Å². The Hall–Kier alpha value is -2.92. The van der Waals surface area contributed by atoms with Crippen molar-refractivity contribution in [2.45, 2.75) is 13.5 Å². The van der Waals surface area contributed by atoms with Crippen molar-refractivity contribution in [2.24, 2.45) is 0 Å². The molecule has 128 valence electrons. The Bertz CT molecular complexity index is 926. The molecule has 5 heteroatoms. The summed E-state index contributed by atoms with van der Waals surface area (Å²) in [4.78, 5) is 27.9. The lowest BCUT2D eigenvalue weighted by molar-refractivity contribution is 0.0474.